The predicted molar refractivity (Wildman–Crippen MR) is 36.3 cm³/mol. The van der Waals surface area contributed by atoms with Gasteiger partial charge in [-0.25, -0.2) is 8.78 Å². The summed E-state index contributed by atoms with van der Waals surface area (Å²) in [7, 11) is 0. The Bertz CT molecular complexity index is 319. The van der Waals surface area contributed by atoms with Crippen molar-refractivity contribution in [3.8, 4) is 11.8 Å². The lowest BCUT2D eigenvalue weighted by Crippen LogP contribution is -1.96. The first-order valence-corrected chi connectivity index (χ1v) is 3.11. The molecule has 0 bridgehead atoms. The minimum absolute atomic E-state index is 0.169. The van der Waals surface area contributed by atoms with Crippen LogP contribution >= 0.6 is 0 Å². The highest BCUT2D eigenvalue weighted by Gasteiger charge is 2.04. The number of hydrogen-bond acceptors (Lipinski definition) is 2. The maximum Gasteiger partial charge on any atom is 0.176 e. The zero-order valence-corrected chi connectivity index (χ0v) is 5.97. The van der Waals surface area contributed by atoms with Crippen LogP contribution in [-0.4, -0.2) is 6.61 Å². The minimum atomic E-state index is -0.926. The van der Waals surface area contributed by atoms with E-state index in [9.17, 15) is 8.78 Å². The minimum Gasteiger partial charge on any atom is -0.476 e. The average molecular weight is 168 g/mol. The van der Waals surface area contributed by atoms with Crippen molar-refractivity contribution >= 4 is 0 Å². The van der Waals surface area contributed by atoms with Crippen LogP contribution in [0.5, 0.6) is 5.75 Å². The molecule has 0 aromatic heterocycles. The molecular weight excluding hydrogens is 164 g/mol. The zero-order valence-electron chi connectivity index (χ0n) is 5.97. The summed E-state index contributed by atoms with van der Waals surface area (Å²) in [5.74, 6) is -1.89. The molecule has 0 spiro atoms. The molecule has 0 unspecified atom stereocenters. The summed E-state index contributed by atoms with van der Waals surface area (Å²) in [6.07, 6.45) is 0. The van der Waals surface area contributed by atoms with Crippen molar-refractivity contribution in [2.24, 2.45) is 0 Å². The second kappa shape index (κ2) is 3.67. The lowest BCUT2D eigenvalue weighted by atomic mass is 10.3. The molecule has 0 atom stereocenters. The van der Waals surface area contributed by atoms with Crippen LogP contribution in [0.15, 0.2) is 12.1 Å². The molecule has 0 aliphatic carbocycles. The molecule has 0 fully saturated rings. The molecular formula is C8H4F2NO. The highest BCUT2D eigenvalue weighted by atomic mass is 19.1. The molecule has 1 aromatic carbocycles. The lowest BCUT2D eigenvalue weighted by molar-refractivity contribution is 0.344. The fourth-order valence-electron chi connectivity index (χ4n) is 0.652. The van der Waals surface area contributed by atoms with Gasteiger partial charge in [0.1, 0.15) is 11.9 Å². The summed E-state index contributed by atoms with van der Waals surface area (Å²) in [6.45, 7) is -0.267. The van der Waals surface area contributed by atoms with E-state index in [1.165, 1.54) is 0 Å². The van der Waals surface area contributed by atoms with Crippen molar-refractivity contribution in [2.45, 2.75) is 0 Å². The first-order valence-electron chi connectivity index (χ1n) is 3.11. The van der Waals surface area contributed by atoms with Crippen molar-refractivity contribution in [1.82, 2.24) is 0 Å². The second-order valence-electron chi connectivity index (χ2n) is 1.93. The molecule has 0 N–H and O–H groups in total. The van der Waals surface area contributed by atoms with E-state index in [1.807, 2.05) is 0 Å². The number of nitriles is 1. The van der Waals surface area contributed by atoms with E-state index in [4.69, 9.17) is 5.26 Å². The molecule has 0 aliphatic heterocycles. The lowest BCUT2D eigenvalue weighted by Gasteiger charge is -2.01. The van der Waals surface area contributed by atoms with Crippen molar-refractivity contribution < 1.29 is 13.5 Å². The number of nitrogens with zero attached hydrogens (tertiary/aromatic N) is 1. The molecule has 1 radical (unpaired) electrons. The third-order valence-corrected chi connectivity index (χ3v) is 1.12. The van der Waals surface area contributed by atoms with Crippen LogP contribution in [0.3, 0.4) is 0 Å². The molecule has 0 aliphatic rings. The van der Waals surface area contributed by atoms with Gasteiger partial charge in [0, 0.05) is 0 Å². The SMILES string of the molecule is N#CCOc1ccc(F)[c]c1F. The number of ether oxygens (including phenoxy) is 1. The van der Waals surface area contributed by atoms with Gasteiger partial charge in [-0.15, -0.1) is 0 Å². The molecule has 4 heteroatoms. The Kier molecular flexibility index (Phi) is 2.59. The van der Waals surface area contributed by atoms with E-state index in [1.54, 1.807) is 12.1 Å². The summed E-state index contributed by atoms with van der Waals surface area (Å²) in [5, 5.41) is 8.09. The topological polar surface area (TPSA) is 33.0 Å². The fourth-order valence-corrected chi connectivity index (χ4v) is 0.652. The summed E-state index contributed by atoms with van der Waals surface area (Å²) >= 11 is 0. The van der Waals surface area contributed by atoms with Crippen LogP contribution in [0.25, 0.3) is 0 Å². The van der Waals surface area contributed by atoms with Crippen molar-refractivity contribution in [2.75, 3.05) is 6.61 Å². The van der Waals surface area contributed by atoms with Gasteiger partial charge in [0.25, 0.3) is 0 Å². The molecule has 12 heavy (non-hydrogen) atoms. The Hall–Kier alpha value is -1.63. The Balaban J connectivity index is 2.81. The van der Waals surface area contributed by atoms with Crippen LogP contribution in [0.2, 0.25) is 0 Å². The van der Waals surface area contributed by atoms with Gasteiger partial charge in [-0.2, -0.15) is 5.26 Å². The van der Waals surface area contributed by atoms with Crippen LogP contribution in [-0.2, 0) is 0 Å². The predicted octanol–water partition coefficient (Wildman–Crippen LogP) is 1.67. The molecule has 1 aromatic rings. The van der Waals surface area contributed by atoms with Crippen molar-refractivity contribution in [3.63, 3.8) is 0 Å². The van der Waals surface area contributed by atoms with Gasteiger partial charge in [-0.05, 0) is 12.1 Å². The Morgan fingerprint density at radius 2 is 2.25 bits per heavy atom. The van der Waals surface area contributed by atoms with E-state index in [2.05, 4.69) is 4.74 Å². The van der Waals surface area contributed by atoms with Crippen LogP contribution < -0.4 is 4.74 Å². The van der Waals surface area contributed by atoms with Crippen molar-refractivity contribution in [3.05, 3.63) is 29.8 Å². The Labute approximate surface area is 68.0 Å². The van der Waals surface area contributed by atoms with Gasteiger partial charge in [0.15, 0.2) is 18.2 Å². The van der Waals surface area contributed by atoms with Gasteiger partial charge in [-0.1, -0.05) is 0 Å². The highest BCUT2D eigenvalue weighted by molar-refractivity contribution is 5.23. The van der Waals surface area contributed by atoms with Gasteiger partial charge >= 0.3 is 0 Å². The van der Waals surface area contributed by atoms with Crippen LogP contribution in [0.1, 0.15) is 0 Å². The smallest absolute Gasteiger partial charge is 0.176 e. The molecule has 0 saturated carbocycles. The van der Waals surface area contributed by atoms with E-state index < -0.39 is 11.6 Å². The molecule has 0 heterocycles. The third-order valence-electron chi connectivity index (χ3n) is 1.12. The first-order chi connectivity index (χ1) is 5.74. The maximum absolute atomic E-state index is 12.6. The zero-order chi connectivity index (χ0) is 8.97. The summed E-state index contributed by atoms with van der Waals surface area (Å²) in [4.78, 5) is 0. The Morgan fingerprint density at radius 1 is 1.50 bits per heavy atom. The normalized spacial score (nSPS) is 9.08. The third kappa shape index (κ3) is 1.92. The number of hydrogen-bond donors (Lipinski definition) is 0. The van der Waals surface area contributed by atoms with Gasteiger partial charge in [0.05, 0.1) is 6.07 Å². The number of benzene rings is 1. The molecule has 61 valence electrons. The summed E-state index contributed by atoms with van der Waals surface area (Å²) < 4.78 is 29.5. The van der Waals surface area contributed by atoms with E-state index in [-0.39, 0.29) is 12.4 Å². The fraction of sp³-hybridized carbons (Fsp3) is 0.125. The molecule has 0 saturated heterocycles. The van der Waals surface area contributed by atoms with Crippen LogP contribution in [0, 0.1) is 29.0 Å². The summed E-state index contributed by atoms with van der Waals surface area (Å²) in [5.41, 5.74) is 0. The van der Waals surface area contributed by atoms with Gasteiger partial charge < -0.3 is 4.74 Å². The Morgan fingerprint density at radius 3 is 2.83 bits per heavy atom. The quantitative estimate of drug-likeness (QED) is 0.672. The molecule has 0 amide bonds. The molecule has 1 rings (SSSR count). The van der Waals surface area contributed by atoms with Gasteiger partial charge in [0.2, 0.25) is 0 Å². The number of rotatable bonds is 2. The second-order valence-corrected chi connectivity index (χ2v) is 1.93. The first kappa shape index (κ1) is 8.47. The monoisotopic (exact) mass is 168 g/mol. The highest BCUT2D eigenvalue weighted by Crippen LogP contribution is 2.16. The van der Waals surface area contributed by atoms with E-state index in [0.29, 0.717) is 0 Å². The summed E-state index contributed by atoms with van der Waals surface area (Å²) in [6, 6.07) is 5.56. The number of halogens is 2. The maximum atomic E-state index is 12.6. The molecule has 2 nitrogen and oxygen atoms in total. The van der Waals surface area contributed by atoms with E-state index in [0.717, 1.165) is 12.1 Å². The standard InChI is InChI=1S/C8H4F2NO/c9-6-1-2-8(7(10)5-6)12-4-3-11/h1-2H,4H2. The van der Waals surface area contributed by atoms with Crippen molar-refractivity contribution in [1.29, 1.82) is 5.26 Å². The van der Waals surface area contributed by atoms with E-state index >= 15 is 0 Å². The van der Waals surface area contributed by atoms with Gasteiger partial charge in [-0.3, -0.25) is 0 Å². The van der Waals surface area contributed by atoms with Crippen LogP contribution in [0.4, 0.5) is 8.78 Å². The average Bonchev–Trinajstić information content (AvgIpc) is 2.03. The largest absolute Gasteiger partial charge is 0.476 e.